The van der Waals surface area contributed by atoms with Gasteiger partial charge in [-0.15, -0.1) is 0 Å². The summed E-state index contributed by atoms with van der Waals surface area (Å²) in [6.45, 7) is 4.93. The third kappa shape index (κ3) is 8.39. The molecule has 13 nitrogen and oxygen atoms in total. The molecule has 0 spiro atoms. The summed E-state index contributed by atoms with van der Waals surface area (Å²) in [6.07, 6.45) is 6.44. The monoisotopic (exact) mass is 730 g/mol. The number of ether oxygens (including phenoxy) is 2. The summed E-state index contributed by atoms with van der Waals surface area (Å²) >= 11 is 0. The number of alkyl carbamates (subject to hydrolysis) is 1. The van der Waals surface area contributed by atoms with Gasteiger partial charge < -0.3 is 25.0 Å². The minimum atomic E-state index is -3.91. The molecule has 4 amide bonds. The van der Waals surface area contributed by atoms with E-state index in [1.54, 1.807) is 32.9 Å². The average molecular weight is 731 g/mol. The zero-order chi connectivity index (χ0) is 36.7. The highest BCUT2D eigenvalue weighted by molar-refractivity contribution is 7.91. The fourth-order valence-corrected chi connectivity index (χ4v) is 8.70. The van der Waals surface area contributed by atoms with Crippen molar-refractivity contribution in [1.29, 1.82) is 0 Å². The Morgan fingerprint density at radius 3 is 2.53 bits per heavy atom. The van der Waals surface area contributed by atoms with Crippen molar-refractivity contribution in [3.8, 4) is 0 Å². The lowest BCUT2D eigenvalue weighted by molar-refractivity contribution is -0.153. The summed E-state index contributed by atoms with van der Waals surface area (Å²) in [4.78, 5) is 69.6. The number of nitrogens with zero attached hydrogens (tertiary/aromatic N) is 1. The maximum Gasteiger partial charge on any atom is 0.408 e. The lowest BCUT2D eigenvalue weighted by Gasteiger charge is -2.30. The molecule has 2 saturated carbocycles. The van der Waals surface area contributed by atoms with E-state index in [0.29, 0.717) is 37.7 Å². The van der Waals surface area contributed by atoms with Crippen LogP contribution in [0.3, 0.4) is 0 Å². The average Bonchev–Trinajstić information content (AvgIpc) is 3.93. The minimum Gasteiger partial charge on any atom is -0.460 e. The Bertz CT molecular complexity index is 1720. The first-order valence-corrected chi connectivity index (χ1v) is 19.4. The predicted octanol–water partition coefficient (Wildman–Crippen LogP) is 2.95. The number of sulfonamides is 1. The van der Waals surface area contributed by atoms with E-state index >= 15 is 0 Å². The van der Waals surface area contributed by atoms with Gasteiger partial charge in [-0.1, -0.05) is 37.1 Å². The smallest absolute Gasteiger partial charge is 0.408 e. The molecular formula is C36H47FN4O9S. The van der Waals surface area contributed by atoms with Crippen LogP contribution in [-0.4, -0.2) is 84.2 Å². The number of hydrogen-bond donors (Lipinski definition) is 3. The Hall–Kier alpha value is -4.01. The maximum atomic E-state index is 14.4. The molecule has 0 radical (unpaired) electrons. The zero-order valence-electron chi connectivity index (χ0n) is 29.2. The van der Waals surface area contributed by atoms with Gasteiger partial charge in [0.2, 0.25) is 21.8 Å². The molecule has 3 unspecified atom stereocenters. The van der Waals surface area contributed by atoms with E-state index < -0.39 is 92.0 Å². The molecule has 3 N–H and O–H groups in total. The molecule has 2 heterocycles. The largest absolute Gasteiger partial charge is 0.460 e. The molecule has 6 rings (SSSR count). The highest BCUT2D eigenvalue weighted by atomic mass is 32.2. The Kier molecular flexibility index (Phi) is 10.2. The fourth-order valence-electron chi connectivity index (χ4n) is 7.33. The summed E-state index contributed by atoms with van der Waals surface area (Å²) in [7, 11) is -3.91. The highest BCUT2D eigenvalue weighted by Crippen LogP contribution is 2.46. The van der Waals surface area contributed by atoms with E-state index in [1.807, 2.05) is 12.2 Å². The lowest BCUT2D eigenvalue weighted by atomic mass is 10.0. The summed E-state index contributed by atoms with van der Waals surface area (Å²) in [5.41, 5.74) is -1.20. The van der Waals surface area contributed by atoms with Crippen molar-refractivity contribution < 1.29 is 46.3 Å². The molecule has 15 heteroatoms. The van der Waals surface area contributed by atoms with Gasteiger partial charge >= 0.3 is 12.1 Å². The minimum absolute atomic E-state index is 0.102. The maximum absolute atomic E-state index is 14.4. The van der Waals surface area contributed by atoms with Gasteiger partial charge in [0.05, 0.1) is 17.7 Å². The van der Waals surface area contributed by atoms with Crippen molar-refractivity contribution in [2.24, 2.45) is 11.8 Å². The van der Waals surface area contributed by atoms with Crippen LogP contribution in [-0.2, 0) is 51.5 Å². The van der Waals surface area contributed by atoms with E-state index in [9.17, 15) is 36.8 Å². The van der Waals surface area contributed by atoms with Gasteiger partial charge in [0, 0.05) is 12.3 Å². The summed E-state index contributed by atoms with van der Waals surface area (Å²) < 4.78 is 53.4. The molecule has 3 fully saturated rings. The molecule has 0 bridgehead atoms. The van der Waals surface area contributed by atoms with Crippen LogP contribution in [0.2, 0.25) is 0 Å². The Morgan fingerprint density at radius 1 is 1.06 bits per heavy atom. The summed E-state index contributed by atoms with van der Waals surface area (Å²) in [5, 5.41) is 4.81. The molecule has 0 aromatic heterocycles. The van der Waals surface area contributed by atoms with E-state index in [-0.39, 0.29) is 32.2 Å². The van der Waals surface area contributed by atoms with Gasteiger partial charge in [-0.2, -0.15) is 0 Å². The van der Waals surface area contributed by atoms with Crippen LogP contribution >= 0.6 is 0 Å². The van der Waals surface area contributed by atoms with Crippen LogP contribution in [0.15, 0.2) is 30.4 Å². The van der Waals surface area contributed by atoms with Gasteiger partial charge in [0.25, 0.3) is 5.91 Å². The molecular weight excluding hydrogens is 683 g/mol. The number of allylic oxidation sites excluding steroid dienone is 1. The second kappa shape index (κ2) is 14.2. The third-order valence-corrected chi connectivity index (χ3v) is 12.1. The van der Waals surface area contributed by atoms with Gasteiger partial charge in [0.1, 0.15) is 35.1 Å². The summed E-state index contributed by atoms with van der Waals surface area (Å²) in [6, 6.07) is 2.42. The van der Waals surface area contributed by atoms with Crippen molar-refractivity contribution in [1.82, 2.24) is 20.3 Å². The SMILES string of the molecule is CC(C)(C)OC(=O)N[C@H]1CCCCC/C=C\C2C[C@@]2(C(=O)NS(=O)(=O)C2CC2)NC(=O)C2C[C@@H](OC(=O)C3Cc4cccc(F)c4C3)CN2C1=O. The van der Waals surface area contributed by atoms with Crippen LogP contribution in [0.5, 0.6) is 0 Å². The topological polar surface area (TPSA) is 177 Å². The molecule has 5 aliphatic rings. The quantitative estimate of drug-likeness (QED) is 0.294. The number of halogens is 1. The number of esters is 1. The van der Waals surface area contributed by atoms with Crippen LogP contribution in [0.1, 0.15) is 89.7 Å². The Labute approximate surface area is 297 Å². The third-order valence-electron chi connectivity index (χ3n) is 10.3. The number of carbonyl (C=O) groups excluding carboxylic acids is 5. The van der Waals surface area contributed by atoms with E-state index in [0.717, 1.165) is 18.4 Å². The fraction of sp³-hybridized carbons (Fsp3) is 0.639. The first-order chi connectivity index (χ1) is 24.1. The van der Waals surface area contributed by atoms with Gasteiger partial charge in [-0.25, -0.2) is 17.6 Å². The van der Waals surface area contributed by atoms with Crippen molar-refractivity contribution in [2.45, 2.75) is 126 Å². The van der Waals surface area contributed by atoms with Gasteiger partial charge in [-0.05, 0) is 89.3 Å². The van der Waals surface area contributed by atoms with Crippen LogP contribution in [0.4, 0.5) is 9.18 Å². The Morgan fingerprint density at radius 2 is 1.82 bits per heavy atom. The number of hydrogen-bond acceptors (Lipinski definition) is 9. The Balaban J connectivity index is 1.25. The van der Waals surface area contributed by atoms with Gasteiger partial charge in [0.15, 0.2) is 0 Å². The molecule has 1 saturated heterocycles. The van der Waals surface area contributed by atoms with Gasteiger partial charge in [-0.3, -0.25) is 23.9 Å². The van der Waals surface area contributed by atoms with E-state index in [2.05, 4.69) is 15.4 Å². The molecule has 51 heavy (non-hydrogen) atoms. The van der Waals surface area contributed by atoms with Crippen molar-refractivity contribution in [2.75, 3.05) is 6.54 Å². The standard InChI is InChI=1S/C36H47FN4O9S/c1-35(2,3)50-34(46)38-28-13-8-6-4-5-7-11-23-19-36(23,33(45)40-51(47,48)25-14-15-25)39-30(42)29-18-24(20-41(29)31(28)43)49-32(44)22-16-21-10-9-12-27(37)26(21)17-22/h7,9-12,22-25,28-29H,4-6,8,13-20H2,1-3H3,(H,38,46)(H,39,42)(H,40,45)/b11-7-/t22?,23?,24-,28+,29?,36-/m1/s1. The normalized spacial score (nSPS) is 30.4. The van der Waals surface area contributed by atoms with Crippen molar-refractivity contribution in [3.63, 3.8) is 0 Å². The molecule has 1 aromatic carbocycles. The molecule has 278 valence electrons. The molecule has 2 aliphatic heterocycles. The van der Waals surface area contributed by atoms with E-state index in [4.69, 9.17) is 9.47 Å². The lowest BCUT2D eigenvalue weighted by Crippen LogP contribution is -2.58. The number of rotatable bonds is 6. The number of carbonyl (C=O) groups is 5. The number of benzene rings is 1. The van der Waals surface area contributed by atoms with Crippen LogP contribution < -0.4 is 15.4 Å². The molecule has 1 aromatic rings. The first-order valence-electron chi connectivity index (χ1n) is 17.9. The van der Waals surface area contributed by atoms with Crippen LogP contribution in [0.25, 0.3) is 0 Å². The number of amides is 4. The second-order valence-corrected chi connectivity index (χ2v) is 17.5. The zero-order valence-corrected chi connectivity index (χ0v) is 30.1. The first kappa shape index (κ1) is 36.8. The van der Waals surface area contributed by atoms with Crippen LogP contribution in [0, 0.1) is 17.7 Å². The second-order valence-electron chi connectivity index (χ2n) is 15.5. The summed E-state index contributed by atoms with van der Waals surface area (Å²) in [5.74, 6) is -4.20. The number of nitrogens with one attached hydrogen (secondary N) is 3. The molecule has 3 aliphatic carbocycles. The van der Waals surface area contributed by atoms with Crippen molar-refractivity contribution >= 4 is 39.8 Å². The van der Waals surface area contributed by atoms with Crippen molar-refractivity contribution in [3.05, 3.63) is 47.3 Å². The highest BCUT2D eigenvalue weighted by Gasteiger charge is 2.62. The molecule has 6 atom stereocenters. The predicted molar refractivity (Wildman–Crippen MR) is 182 cm³/mol. The number of fused-ring (bicyclic) bond motifs is 3. The van der Waals surface area contributed by atoms with E-state index in [1.165, 1.54) is 11.0 Å².